The van der Waals surface area contributed by atoms with Gasteiger partial charge < -0.3 is 4.90 Å². The molecule has 1 N–H and O–H groups in total. The molecular formula is C16H20N4O4S2. The van der Waals surface area contributed by atoms with E-state index in [1.165, 1.54) is 4.57 Å². The van der Waals surface area contributed by atoms with Crippen LogP contribution in [0.1, 0.15) is 12.0 Å². The number of amides is 1. The van der Waals surface area contributed by atoms with Crippen molar-refractivity contribution in [1.29, 1.82) is 0 Å². The number of H-pyrrole nitrogens is 1. The first-order valence-electron chi connectivity index (χ1n) is 8.14. The Morgan fingerprint density at radius 1 is 1.38 bits per heavy atom. The molecule has 1 saturated heterocycles. The van der Waals surface area contributed by atoms with Crippen LogP contribution in [0.15, 0.2) is 40.3 Å². The van der Waals surface area contributed by atoms with Gasteiger partial charge in [-0.2, -0.15) is 0 Å². The second kappa shape index (κ2) is 7.67. The van der Waals surface area contributed by atoms with Gasteiger partial charge in [0, 0.05) is 19.6 Å². The normalized spacial score (nSPS) is 18.7. The molecule has 0 bridgehead atoms. The van der Waals surface area contributed by atoms with Crippen LogP contribution in [-0.4, -0.2) is 57.3 Å². The van der Waals surface area contributed by atoms with Gasteiger partial charge in [0.25, 0.3) is 0 Å². The van der Waals surface area contributed by atoms with E-state index in [-0.39, 0.29) is 34.9 Å². The number of nitrogens with one attached hydrogen (secondary N) is 1. The summed E-state index contributed by atoms with van der Waals surface area (Å²) in [5, 5.41) is 6.62. The monoisotopic (exact) mass is 396 g/mol. The minimum atomic E-state index is -3.10. The number of thioether (sulfide) groups is 1. The van der Waals surface area contributed by atoms with Crippen LogP contribution in [0.5, 0.6) is 0 Å². The van der Waals surface area contributed by atoms with Crippen LogP contribution in [-0.2, 0) is 28.2 Å². The SMILES string of the molecule is Cn1c(SCC(=O)N(Cc2ccccc2)[C@@H]2CCS(=O)(=O)C2)n[nH]c1=O. The predicted molar refractivity (Wildman–Crippen MR) is 98.6 cm³/mol. The van der Waals surface area contributed by atoms with Gasteiger partial charge in [-0.15, -0.1) is 5.10 Å². The van der Waals surface area contributed by atoms with Gasteiger partial charge in [0.15, 0.2) is 15.0 Å². The molecule has 10 heteroatoms. The number of hydrogen-bond donors (Lipinski definition) is 1. The third kappa shape index (κ3) is 4.36. The molecule has 1 aromatic carbocycles. The molecule has 1 aromatic heterocycles. The van der Waals surface area contributed by atoms with E-state index < -0.39 is 9.84 Å². The lowest BCUT2D eigenvalue weighted by Gasteiger charge is -2.28. The van der Waals surface area contributed by atoms with Gasteiger partial charge in [-0.05, 0) is 12.0 Å². The van der Waals surface area contributed by atoms with Gasteiger partial charge in [0.05, 0.1) is 17.3 Å². The maximum Gasteiger partial charge on any atom is 0.343 e. The summed E-state index contributed by atoms with van der Waals surface area (Å²) in [7, 11) is -1.53. The van der Waals surface area contributed by atoms with E-state index in [4.69, 9.17) is 0 Å². The van der Waals surface area contributed by atoms with Crippen LogP contribution in [0.25, 0.3) is 0 Å². The van der Waals surface area contributed by atoms with Crippen molar-refractivity contribution in [2.75, 3.05) is 17.3 Å². The van der Waals surface area contributed by atoms with Crippen LogP contribution in [0, 0.1) is 0 Å². The number of nitrogens with zero attached hydrogens (tertiary/aromatic N) is 3. The lowest BCUT2D eigenvalue weighted by Crippen LogP contribution is -2.41. The minimum absolute atomic E-state index is 0.00285. The van der Waals surface area contributed by atoms with Crippen LogP contribution in [0.4, 0.5) is 0 Å². The minimum Gasteiger partial charge on any atom is -0.334 e. The number of hydrogen-bond acceptors (Lipinski definition) is 6. The molecule has 2 heterocycles. The van der Waals surface area contributed by atoms with E-state index in [1.807, 2.05) is 30.3 Å². The lowest BCUT2D eigenvalue weighted by atomic mass is 10.1. The molecule has 1 fully saturated rings. The van der Waals surface area contributed by atoms with Crippen LogP contribution in [0.2, 0.25) is 0 Å². The summed E-state index contributed by atoms with van der Waals surface area (Å²) in [4.78, 5) is 25.9. The van der Waals surface area contributed by atoms with Crippen molar-refractivity contribution in [3.63, 3.8) is 0 Å². The molecule has 0 unspecified atom stereocenters. The number of aromatic nitrogens is 3. The zero-order chi connectivity index (χ0) is 18.7. The van der Waals surface area contributed by atoms with Gasteiger partial charge in [-0.25, -0.2) is 18.3 Å². The quantitative estimate of drug-likeness (QED) is 0.710. The van der Waals surface area contributed by atoms with Crippen molar-refractivity contribution >= 4 is 27.5 Å². The average molecular weight is 396 g/mol. The van der Waals surface area contributed by atoms with E-state index in [0.717, 1.165) is 17.3 Å². The van der Waals surface area contributed by atoms with Crippen molar-refractivity contribution in [2.45, 2.75) is 24.2 Å². The Labute approximate surface area is 155 Å². The molecule has 1 amide bonds. The first-order valence-corrected chi connectivity index (χ1v) is 10.9. The molecule has 0 radical (unpaired) electrons. The van der Waals surface area contributed by atoms with Crippen LogP contribution < -0.4 is 5.69 Å². The number of carbonyl (C=O) groups is 1. The summed E-state index contributed by atoms with van der Waals surface area (Å²) in [6.45, 7) is 0.361. The molecule has 140 valence electrons. The zero-order valence-electron chi connectivity index (χ0n) is 14.3. The van der Waals surface area contributed by atoms with Gasteiger partial charge >= 0.3 is 5.69 Å². The number of rotatable bonds is 6. The standard InChI is InChI=1S/C16H20N4O4S2/c1-19-15(22)17-18-16(19)25-10-14(21)20(9-12-5-3-2-4-6-12)13-7-8-26(23,24)11-13/h2-6,13H,7-11H2,1H3,(H,17,22)/t13-/m1/s1. The smallest absolute Gasteiger partial charge is 0.334 e. The Hall–Kier alpha value is -2.07. The fourth-order valence-corrected chi connectivity index (χ4v) is 5.43. The highest BCUT2D eigenvalue weighted by Crippen LogP contribution is 2.22. The second-order valence-electron chi connectivity index (χ2n) is 6.22. The van der Waals surface area contributed by atoms with Crippen molar-refractivity contribution in [2.24, 2.45) is 7.05 Å². The van der Waals surface area contributed by atoms with E-state index in [2.05, 4.69) is 10.2 Å². The first-order chi connectivity index (χ1) is 12.4. The van der Waals surface area contributed by atoms with E-state index in [0.29, 0.717) is 18.1 Å². The Kier molecular flexibility index (Phi) is 5.52. The Morgan fingerprint density at radius 2 is 2.12 bits per heavy atom. The largest absolute Gasteiger partial charge is 0.343 e. The summed E-state index contributed by atoms with van der Waals surface area (Å²) >= 11 is 1.15. The number of benzene rings is 1. The van der Waals surface area contributed by atoms with Crippen LogP contribution >= 0.6 is 11.8 Å². The molecule has 2 aromatic rings. The van der Waals surface area contributed by atoms with Gasteiger partial charge in [-0.3, -0.25) is 9.36 Å². The molecule has 0 spiro atoms. The highest BCUT2D eigenvalue weighted by molar-refractivity contribution is 7.99. The summed E-state index contributed by atoms with van der Waals surface area (Å²) in [6, 6.07) is 9.16. The fourth-order valence-electron chi connectivity index (χ4n) is 2.89. The highest BCUT2D eigenvalue weighted by atomic mass is 32.2. The van der Waals surface area contributed by atoms with Crippen molar-refractivity contribution in [3.8, 4) is 0 Å². The van der Waals surface area contributed by atoms with E-state index in [9.17, 15) is 18.0 Å². The van der Waals surface area contributed by atoms with E-state index in [1.54, 1.807) is 11.9 Å². The molecule has 1 aliphatic rings. The molecule has 1 aliphatic heterocycles. The zero-order valence-corrected chi connectivity index (χ0v) is 15.9. The molecule has 8 nitrogen and oxygen atoms in total. The Morgan fingerprint density at radius 3 is 2.69 bits per heavy atom. The highest BCUT2D eigenvalue weighted by Gasteiger charge is 2.34. The summed E-state index contributed by atoms with van der Waals surface area (Å²) in [6.07, 6.45) is 0.451. The van der Waals surface area contributed by atoms with Crippen molar-refractivity contribution in [1.82, 2.24) is 19.7 Å². The van der Waals surface area contributed by atoms with Gasteiger partial charge in [-0.1, -0.05) is 42.1 Å². The molecule has 26 heavy (non-hydrogen) atoms. The number of aromatic amines is 1. The second-order valence-corrected chi connectivity index (χ2v) is 9.39. The molecule has 3 rings (SSSR count). The van der Waals surface area contributed by atoms with Gasteiger partial charge in [0.1, 0.15) is 0 Å². The van der Waals surface area contributed by atoms with Crippen molar-refractivity contribution in [3.05, 3.63) is 46.4 Å². The molecule has 1 atom stereocenters. The van der Waals surface area contributed by atoms with E-state index >= 15 is 0 Å². The first kappa shape index (κ1) is 18.7. The fraction of sp³-hybridized carbons (Fsp3) is 0.438. The summed E-state index contributed by atoms with van der Waals surface area (Å²) < 4.78 is 25.0. The summed E-state index contributed by atoms with van der Waals surface area (Å²) in [5.74, 6) is 0.0204. The molecule has 0 saturated carbocycles. The Balaban J connectivity index is 1.74. The van der Waals surface area contributed by atoms with Crippen LogP contribution in [0.3, 0.4) is 0 Å². The third-order valence-electron chi connectivity index (χ3n) is 4.33. The average Bonchev–Trinajstić information content (AvgIpc) is 3.14. The summed E-state index contributed by atoms with van der Waals surface area (Å²) in [5.41, 5.74) is 0.602. The predicted octanol–water partition coefficient (Wildman–Crippen LogP) is 0.416. The maximum atomic E-state index is 12.8. The molecular weight excluding hydrogens is 376 g/mol. The lowest BCUT2D eigenvalue weighted by molar-refractivity contribution is -0.130. The van der Waals surface area contributed by atoms with Crippen molar-refractivity contribution < 1.29 is 13.2 Å². The van der Waals surface area contributed by atoms with Gasteiger partial charge in [0.2, 0.25) is 5.91 Å². The number of carbonyl (C=O) groups excluding carboxylic acids is 1. The number of sulfone groups is 1. The molecule has 0 aliphatic carbocycles. The Bertz CT molecular complexity index is 937. The topological polar surface area (TPSA) is 105 Å². The maximum absolute atomic E-state index is 12.8. The third-order valence-corrected chi connectivity index (χ3v) is 7.09.